The van der Waals surface area contributed by atoms with Gasteiger partial charge in [0.2, 0.25) is 5.91 Å². The van der Waals surface area contributed by atoms with Crippen LogP contribution < -0.4 is 5.32 Å². The summed E-state index contributed by atoms with van der Waals surface area (Å²) in [5, 5.41) is 5.17. The smallest absolute Gasteiger partial charge is 0.228 e. The number of carbonyl (C=O) groups excluding carboxylic acids is 1. The molecule has 2 unspecified atom stereocenters. The third kappa shape index (κ3) is 1.71. The topological polar surface area (TPSA) is 29.1 Å². The minimum atomic E-state index is 0.180. The zero-order chi connectivity index (χ0) is 11.1. The molecule has 1 aromatic heterocycles. The number of hydrogen-bond donors (Lipinski definition) is 1. The Hall–Kier alpha value is -1.35. The molecule has 1 heterocycles. The van der Waals surface area contributed by atoms with Gasteiger partial charge in [-0.1, -0.05) is 25.1 Å². The van der Waals surface area contributed by atoms with E-state index in [4.69, 9.17) is 0 Å². The van der Waals surface area contributed by atoms with Gasteiger partial charge in [0.1, 0.15) is 0 Å². The molecule has 16 heavy (non-hydrogen) atoms. The standard InChI is InChI=1S/C13H13NOS/c1-8-6-10(8)13(15)14-12-7-9-4-2-3-5-11(9)16-12/h2-5,7-8,10H,6H2,1H3,(H,14,15). The van der Waals surface area contributed by atoms with Crippen LogP contribution in [0.3, 0.4) is 0 Å². The molecular formula is C13H13NOS. The van der Waals surface area contributed by atoms with Gasteiger partial charge in [-0.05, 0) is 29.9 Å². The lowest BCUT2D eigenvalue weighted by Gasteiger charge is -1.99. The molecule has 3 rings (SSSR count). The predicted octanol–water partition coefficient (Wildman–Crippen LogP) is 3.50. The fourth-order valence-corrected chi connectivity index (χ4v) is 2.91. The van der Waals surface area contributed by atoms with Crippen LogP contribution in [0.1, 0.15) is 13.3 Å². The lowest BCUT2D eigenvalue weighted by Crippen LogP contribution is -2.13. The average molecular weight is 231 g/mol. The van der Waals surface area contributed by atoms with E-state index in [-0.39, 0.29) is 11.8 Å². The van der Waals surface area contributed by atoms with Crippen LogP contribution in [0.4, 0.5) is 5.00 Å². The van der Waals surface area contributed by atoms with Gasteiger partial charge in [0.05, 0.1) is 5.00 Å². The summed E-state index contributed by atoms with van der Waals surface area (Å²) >= 11 is 1.64. The van der Waals surface area contributed by atoms with Crippen molar-refractivity contribution in [2.45, 2.75) is 13.3 Å². The molecule has 0 radical (unpaired) electrons. The van der Waals surface area contributed by atoms with Gasteiger partial charge in [-0.2, -0.15) is 0 Å². The summed E-state index contributed by atoms with van der Waals surface area (Å²) < 4.78 is 1.22. The minimum absolute atomic E-state index is 0.180. The fourth-order valence-electron chi connectivity index (χ4n) is 1.95. The maximum Gasteiger partial charge on any atom is 0.228 e. The van der Waals surface area contributed by atoms with Crippen molar-refractivity contribution >= 4 is 32.3 Å². The minimum Gasteiger partial charge on any atom is -0.317 e. The number of rotatable bonds is 2. The molecule has 0 saturated heterocycles. The summed E-state index contributed by atoms with van der Waals surface area (Å²) in [6, 6.07) is 10.2. The van der Waals surface area contributed by atoms with Crippen molar-refractivity contribution in [3.05, 3.63) is 30.3 Å². The Morgan fingerprint density at radius 3 is 2.88 bits per heavy atom. The van der Waals surface area contributed by atoms with Crippen LogP contribution in [0.25, 0.3) is 10.1 Å². The third-order valence-corrected chi connectivity index (χ3v) is 4.15. The highest BCUT2D eigenvalue weighted by molar-refractivity contribution is 7.22. The van der Waals surface area contributed by atoms with Gasteiger partial charge < -0.3 is 5.32 Å². The number of benzene rings is 1. The first-order valence-electron chi connectivity index (χ1n) is 5.53. The Balaban J connectivity index is 1.81. The van der Waals surface area contributed by atoms with E-state index >= 15 is 0 Å². The molecule has 1 saturated carbocycles. The highest BCUT2D eigenvalue weighted by Gasteiger charge is 2.39. The van der Waals surface area contributed by atoms with Gasteiger partial charge in [-0.15, -0.1) is 11.3 Å². The highest BCUT2D eigenvalue weighted by atomic mass is 32.1. The molecule has 0 bridgehead atoms. The van der Waals surface area contributed by atoms with E-state index in [1.54, 1.807) is 11.3 Å². The second-order valence-electron chi connectivity index (χ2n) is 4.46. The molecule has 3 heteroatoms. The molecule has 0 aliphatic heterocycles. The molecule has 82 valence electrons. The van der Waals surface area contributed by atoms with Gasteiger partial charge in [0, 0.05) is 10.6 Å². The number of anilines is 1. The van der Waals surface area contributed by atoms with E-state index in [9.17, 15) is 4.79 Å². The van der Waals surface area contributed by atoms with Crippen LogP contribution >= 0.6 is 11.3 Å². The van der Waals surface area contributed by atoms with E-state index in [2.05, 4.69) is 24.4 Å². The normalized spacial score (nSPS) is 23.3. The van der Waals surface area contributed by atoms with Gasteiger partial charge in [-0.3, -0.25) is 4.79 Å². The third-order valence-electron chi connectivity index (χ3n) is 3.12. The zero-order valence-corrected chi connectivity index (χ0v) is 9.88. The largest absolute Gasteiger partial charge is 0.317 e. The van der Waals surface area contributed by atoms with Crippen molar-refractivity contribution in [1.29, 1.82) is 0 Å². The van der Waals surface area contributed by atoms with Crippen LogP contribution in [0.15, 0.2) is 30.3 Å². The van der Waals surface area contributed by atoms with Gasteiger partial charge in [0.15, 0.2) is 0 Å². The summed E-state index contributed by atoms with van der Waals surface area (Å²) in [7, 11) is 0. The van der Waals surface area contributed by atoms with E-state index in [1.807, 2.05) is 18.2 Å². The number of thiophene rings is 1. The van der Waals surface area contributed by atoms with Crippen LogP contribution in [0, 0.1) is 11.8 Å². The summed E-state index contributed by atoms with van der Waals surface area (Å²) in [4.78, 5) is 11.8. The maximum atomic E-state index is 11.8. The number of nitrogens with one attached hydrogen (secondary N) is 1. The molecule has 1 N–H and O–H groups in total. The molecule has 1 aliphatic carbocycles. The van der Waals surface area contributed by atoms with Gasteiger partial charge in [-0.25, -0.2) is 0 Å². The van der Waals surface area contributed by atoms with E-state index in [1.165, 1.54) is 10.1 Å². The summed E-state index contributed by atoms with van der Waals surface area (Å²) in [6.07, 6.45) is 1.04. The lowest BCUT2D eigenvalue weighted by molar-refractivity contribution is -0.117. The molecule has 2 aromatic rings. The van der Waals surface area contributed by atoms with Crippen molar-refractivity contribution < 1.29 is 4.79 Å². The summed E-state index contributed by atoms with van der Waals surface area (Å²) in [5.41, 5.74) is 0. The molecule has 1 aromatic carbocycles. The van der Waals surface area contributed by atoms with E-state index in [0.29, 0.717) is 5.92 Å². The van der Waals surface area contributed by atoms with Gasteiger partial charge in [0.25, 0.3) is 0 Å². The molecular weight excluding hydrogens is 218 g/mol. The Bertz CT molecular complexity index is 513. The number of amides is 1. The monoisotopic (exact) mass is 231 g/mol. The van der Waals surface area contributed by atoms with Crippen molar-refractivity contribution in [2.75, 3.05) is 5.32 Å². The molecule has 2 nitrogen and oxygen atoms in total. The number of fused-ring (bicyclic) bond motifs is 1. The van der Waals surface area contributed by atoms with Crippen molar-refractivity contribution in [3.8, 4) is 0 Å². The summed E-state index contributed by atoms with van der Waals surface area (Å²) in [5.74, 6) is 0.985. The summed E-state index contributed by atoms with van der Waals surface area (Å²) in [6.45, 7) is 2.12. The van der Waals surface area contributed by atoms with Gasteiger partial charge >= 0.3 is 0 Å². The first kappa shape index (κ1) is 9.85. The Morgan fingerprint density at radius 1 is 1.44 bits per heavy atom. The van der Waals surface area contributed by atoms with Crippen LogP contribution in [0.2, 0.25) is 0 Å². The fraction of sp³-hybridized carbons (Fsp3) is 0.308. The first-order valence-corrected chi connectivity index (χ1v) is 6.35. The first-order chi connectivity index (χ1) is 7.74. The van der Waals surface area contributed by atoms with Crippen molar-refractivity contribution in [2.24, 2.45) is 11.8 Å². The van der Waals surface area contributed by atoms with E-state index < -0.39 is 0 Å². The Kier molecular flexibility index (Phi) is 2.21. The van der Waals surface area contributed by atoms with Crippen LogP contribution in [0.5, 0.6) is 0 Å². The molecule has 1 fully saturated rings. The molecule has 1 amide bonds. The van der Waals surface area contributed by atoms with Crippen LogP contribution in [-0.2, 0) is 4.79 Å². The SMILES string of the molecule is CC1CC1C(=O)Nc1cc2ccccc2s1. The van der Waals surface area contributed by atoms with E-state index in [0.717, 1.165) is 11.4 Å². The molecule has 1 aliphatic rings. The van der Waals surface area contributed by atoms with Crippen molar-refractivity contribution in [1.82, 2.24) is 0 Å². The predicted molar refractivity (Wildman–Crippen MR) is 67.7 cm³/mol. The quantitative estimate of drug-likeness (QED) is 0.842. The van der Waals surface area contributed by atoms with Crippen LogP contribution in [-0.4, -0.2) is 5.91 Å². The number of carbonyl (C=O) groups is 1. The highest BCUT2D eigenvalue weighted by Crippen LogP contribution is 2.39. The zero-order valence-electron chi connectivity index (χ0n) is 9.07. The second kappa shape index (κ2) is 3.59. The second-order valence-corrected chi connectivity index (χ2v) is 5.54. The maximum absolute atomic E-state index is 11.8. The average Bonchev–Trinajstić information content (AvgIpc) is 2.87. The number of hydrogen-bond acceptors (Lipinski definition) is 2. The molecule has 2 atom stereocenters. The molecule has 0 spiro atoms. The Labute approximate surface area is 98.3 Å². The lowest BCUT2D eigenvalue weighted by atomic mass is 10.3. The van der Waals surface area contributed by atoms with Crippen molar-refractivity contribution in [3.63, 3.8) is 0 Å². The Morgan fingerprint density at radius 2 is 2.19 bits per heavy atom.